The van der Waals surface area contributed by atoms with Gasteiger partial charge < -0.3 is 9.84 Å². The van der Waals surface area contributed by atoms with E-state index in [0.29, 0.717) is 11.6 Å². The number of aromatic nitrogens is 4. The molecule has 0 amide bonds. The zero-order valence-corrected chi connectivity index (χ0v) is 10.4. The van der Waals surface area contributed by atoms with Crippen LogP contribution in [-0.2, 0) is 14.1 Å². The normalized spacial score (nSPS) is 12.8. The lowest BCUT2D eigenvalue weighted by Crippen LogP contribution is -2.09. The van der Waals surface area contributed by atoms with Crippen LogP contribution in [0.25, 0.3) is 0 Å². The van der Waals surface area contributed by atoms with E-state index in [1.54, 1.807) is 42.8 Å². The topological polar surface area (TPSA) is 65.1 Å². The number of rotatable bonds is 3. The van der Waals surface area contributed by atoms with Gasteiger partial charge in [-0.2, -0.15) is 10.2 Å². The predicted octanol–water partition coefficient (Wildman–Crippen LogP) is 0.552. The van der Waals surface area contributed by atoms with Crippen LogP contribution in [0.4, 0.5) is 0 Å². The number of nitrogens with zero attached hydrogens (tertiary/aromatic N) is 4. The fourth-order valence-corrected chi connectivity index (χ4v) is 1.89. The molecule has 0 saturated heterocycles. The Morgan fingerprint density at radius 1 is 1.35 bits per heavy atom. The third kappa shape index (κ3) is 1.91. The summed E-state index contributed by atoms with van der Waals surface area (Å²) in [6.07, 6.45) is 0.927. The van der Waals surface area contributed by atoms with Crippen molar-refractivity contribution < 1.29 is 9.84 Å². The number of aliphatic hydroxyl groups is 1. The van der Waals surface area contributed by atoms with Crippen molar-refractivity contribution in [1.29, 1.82) is 0 Å². The standard InChI is InChI=1S/C11H16N4O2/c1-7-6-12-15(3)10(7)11(16)8-5-9(17-4)14(2)13-8/h5-6,11,16H,1-4H3. The summed E-state index contributed by atoms with van der Waals surface area (Å²) in [6.45, 7) is 1.91. The summed E-state index contributed by atoms with van der Waals surface area (Å²) in [4.78, 5) is 0. The molecule has 2 rings (SSSR count). The maximum absolute atomic E-state index is 10.3. The Balaban J connectivity index is 2.40. The van der Waals surface area contributed by atoms with Gasteiger partial charge in [0, 0.05) is 20.2 Å². The Kier molecular flexibility index (Phi) is 2.89. The van der Waals surface area contributed by atoms with Crippen LogP contribution in [-0.4, -0.2) is 31.8 Å². The first kappa shape index (κ1) is 11.7. The van der Waals surface area contributed by atoms with Crippen molar-refractivity contribution in [2.24, 2.45) is 14.1 Å². The molecule has 0 radical (unpaired) electrons. The molecule has 2 aromatic rings. The van der Waals surface area contributed by atoms with E-state index in [2.05, 4.69) is 10.2 Å². The van der Waals surface area contributed by atoms with Crippen molar-refractivity contribution >= 4 is 0 Å². The van der Waals surface area contributed by atoms with E-state index in [-0.39, 0.29) is 0 Å². The number of aliphatic hydroxyl groups excluding tert-OH is 1. The largest absolute Gasteiger partial charge is 0.481 e. The molecular formula is C11H16N4O2. The average Bonchev–Trinajstić information content (AvgIpc) is 2.82. The van der Waals surface area contributed by atoms with Gasteiger partial charge in [0.15, 0.2) is 0 Å². The van der Waals surface area contributed by atoms with Crippen LogP contribution < -0.4 is 4.74 Å². The first-order valence-corrected chi connectivity index (χ1v) is 5.29. The third-order valence-electron chi connectivity index (χ3n) is 2.78. The molecule has 17 heavy (non-hydrogen) atoms. The molecule has 6 heteroatoms. The van der Waals surface area contributed by atoms with E-state index in [4.69, 9.17) is 4.74 Å². The molecular weight excluding hydrogens is 220 g/mol. The lowest BCUT2D eigenvalue weighted by Gasteiger charge is -2.09. The van der Waals surface area contributed by atoms with Crippen molar-refractivity contribution in [3.8, 4) is 5.88 Å². The van der Waals surface area contributed by atoms with E-state index in [0.717, 1.165) is 11.3 Å². The van der Waals surface area contributed by atoms with Crippen molar-refractivity contribution in [3.63, 3.8) is 0 Å². The minimum Gasteiger partial charge on any atom is -0.481 e. The van der Waals surface area contributed by atoms with Crippen LogP contribution in [0.15, 0.2) is 12.3 Å². The molecule has 1 atom stereocenters. The predicted molar refractivity (Wildman–Crippen MR) is 61.8 cm³/mol. The van der Waals surface area contributed by atoms with Crippen molar-refractivity contribution in [2.75, 3.05) is 7.11 Å². The highest BCUT2D eigenvalue weighted by Gasteiger charge is 2.21. The van der Waals surface area contributed by atoms with Gasteiger partial charge in [0.25, 0.3) is 0 Å². The molecule has 0 fully saturated rings. The van der Waals surface area contributed by atoms with Gasteiger partial charge in [-0.25, -0.2) is 4.68 Å². The first-order chi connectivity index (χ1) is 8.04. The van der Waals surface area contributed by atoms with E-state index >= 15 is 0 Å². The third-order valence-corrected chi connectivity index (χ3v) is 2.78. The molecule has 1 unspecified atom stereocenters. The summed E-state index contributed by atoms with van der Waals surface area (Å²) in [5.41, 5.74) is 2.23. The average molecular weight is 236 g/mol. The van der Waals surface area contributed by atoms with Crippen LogP contribution in [0, 0.1) is 6.92 Å². The minimum absolute atomic E-state index is 0.552. The van der Waals surface area contributed by atoms with E-state index in [1.807, 2.05) is 6.92 Å². The lowest BCUT2D eigenvalue weighted by atomic mass is 10.1. The molecule has 6 nitrogen and oxygen atoms in total. The lowest BCUT2D eigenvalue weighted by molar-refractivity contribution is 0.203. The van der Waals surface area contributed by atoms with Gasteiger partial charge in [0.05, 0.1) is 19.0 Å². The summed E-state index contributed by atoms with van der Waals surface area (Å²) in [6, 6.07) is 1.72. The molecule has 0 aliphatic heterocycles. The summed E-state index contributed by atoms with van der Waals surface area (Å²) >= 11 is 0. The zero-order chi connectivity index (χ0) is 12.6. The Morgan fingerprint density at radius 3 is 2.53 bits per heavy atom. The van der Waals surface area contributed by atoms with Gasteiger partial charge in [-0.15, -0.1) is 0 Å². The molecule has 0 aromatic carbocycles. The number of hydrogen-bond acceptors (Lipinski definition) is 4. The molecule has 0 saturated carbocycles. The van der Waals surface area contributed by atoms with Gasteiger partial charge in [0.1, 0.15) is 11.8 Å². The van der Waals surface area contributed by atoms with Crippen molar-refractivity contribution in [2.45, 2.75) is 13.0 Å². The van der Waals surface area contributed by atoms with Crippen molar-refractivity contribution in [3.05, 3.63) is 29.2 Å². The summed E-state index contributed by atoms with van der Waals surface area (Å²) in [5, 5.41) is 18.6. The quantitative estimate of drug-likeness (QED) is 0.845. The van der Waals surface area contributed by atoms with Crippen LogP contribution in [0.5, 0.6) is 5.88 Å². The molecule has 0 aliphatic carbocycles. The fourth-order valence-electron chi connectivity index (χ4n) is 1.89. The van der Waals surface area contributed by atoms with Crippen LogP contribution in [0.1, 0.15) is 23.1 Å². The molecule has 0 spiro atoms. The van der Waals surface area contributed by atoms with E-state index in [9.17, 15) is 5.11 Å². The number of aryl methyl sites for hydroxylation is 3. The van der Waals surface area contributed by atoms with Gasteiger partial charge in [0.2, 0.25) is 5.88 Å². The maximum atomic E-state index is 10.3. The highest BCUT2D eigenvalue weighted by molar-refractivity contribution is 5.28. The smallest absolute Gasteiger partial charge is 0.211 e. The van der Waals surface area contributed by atoms with Crippen molar-refractivity contribution in [1.82, 2.24) is 19.6 Å². The Morgan fingerprint density at radius 2 is 2.06 bits per heavy atom. The molecule has 2 heterocycles. The van der Waals surface area contributed by atoms with Gasteiger partial charge in [-0.3, -0.25) is 4.68 Å². The summed E-state index contributed by atoms with van der Waals surface area (Å²) in [5.74, 6) is 0.610. The van der Waals surface area contributed by atoms with Gasteiger partial charge >= 0.3 is 0 Å². The minimum atomic E-state index is -0.794. The Labute approximate surface area is 99.4 Å². The molecule has 2 aromatic heterocycles. The molecule has 0 aliphatic rings. The van der Waals surface area contributed by atoms with Gasteiger partial charge in [-0.1, -0.05) is 0 Å². The SMILES string of the molecule is COc1cc(C(O)c2c(C)cnn2C)nn1C. The Hall–Kier alpha value is -1.82. The summed E-state index contributed by atoms with van der Waals surface area (Å²) < 4.78 is 8.36. The van der Waals surface area contributed by atoms with Crippen LogP contribution >= 0.6 is 0 Å². The van der Waals surface area contributed by atoms with E-state index in [1.165, 1.54) is 0 Å². The highest BCUT2D eigenvalue weighted by Crippen LogP contribution is 2.25. The first-order valence-electron chi connectivity index (χ1n) is 5.29. The molecule has 0 bridgehead atoms. The molecule has 1 N–H and O–H groups in total. The second kappa shape index (κ2) is 4.21. The second-order valence-corrected chi connectivity index (χ2v) is 3.97. The molecule has 92 valence electrons. The highest BCUT2D eigenvalue weighted by atomic mass is 16.5. The Bertz CT molecular complexity index is 510. The zero-order valence-electron chi connectivity index (χ0n) is 10.4. The monoisotopic (exact) mass is 236 g/mol. The maximum Gasteiger partial charge on any atom is 0.211 e. The number of ether oxygens (including phenoxy) is 1. The second-order valence-electron chi connectivity index (χ2n) is 3.97. The van der Waals surface area contributed by atoms with Gasteiger partial charge in [-0.05, 0) is 12.5 Å². The van der Waals surface area contributed by atoms with Crippen LogP contribution in [0.2, 0.25) is 0 Å². The fraction of sp³-hybridized carbons (Fsp3) is 0.455. The number of methoxy groups -OCH3 is 1. The summed E-state index contributed by atoms with van der Waals surface area (Å²) in [7, 11) is 5.14. The van der Waals surface area contributed by atoms with Crippen LogP contribution in [0.3, 0.4) is 0 Å². The number of hydrogen-bond donors (Lipinski definition) is 1. The van der Waals surface area contributed by atoms with E-state index < -0.39 is 6.10 Å².